The van der Waals surface area contributed by atoms with E-state index >= 15 is 0 Å². The van der Waals surface area contributed by atoms with Crippen LogP contribution in [-0.4, -0.2) is 23.3 Å². The van der Waals surface area contributed by atoms with Crippen LogP contribution >= 0.6 is 0 Å². The molecule has 2 rings (SSSR count). The fraction of sp³-hybridized carbons (Fsp3) is 0.500. The first-order valence-electron chi connectivity index (χ1n) is 7.48. The van der Waals surface area contributed by atoms with E-state index < -0.39 is 0 Å². The van der Waals surface area contributed by atoms with Crippen molar-refractivity contribution in [3.8, 4) is 0 Å². The van der Waals surface area contributed by atoms with Crippen LogP contribution in [-0.2, 0) is 0 Å². The van der Waals surface area contributed by atoms with Crippen molar-refractivity contribution >= 4 is 12.3 Å². The molecule has 108 valence electrons. The fourth-order valence-electron chi connectivity index (χ4n) is 3.46. The lowest BCUT2D eigenvalue weighted by molar-refractivity contribution is -0.787. The van der Waals surface area contributed by atoms with Gasteiger partial charge in [-0.2, -0.15) is 0 Å². The number of rotatable bonds is 3. The SMILES string of the molecule is CC1(C)CC(N=C/C=C/c2ccccc2)CC(C)(C)[NH2+]1. The van der Waals surface area contributed by atoms with E-state index in [2.05, 4.69) is 63.4 Å². The van der Waals surface area contributed by atoms with Crippen LogP contribution in [0.1, 0.15) is 46.1 Å². The summed E-state index contributed by atoms with van der Waals surface area (Å²) in [6.45, 7) is 9.26. The lowest BCUT2D eigenvalue weighted by Gasteiger charge is -2.41. The lowest BCUT2D eigenvalue weighted by atomic mass is 9.80. The second kappa shape index (κ2) is 5.92. The summed E-state index contributed by atoms with van der Waals surface area (Å²) in [6, 6.07) is 10.8. The summed E-state index contributed by atoms with van der Waals surface area (Å²) in [6.07, 6.45) is 8.41. The molecule has 0 spiro atoms. The van der Waals surface area contributed by atoms with E-state index in [9.17, 15) is 0 Å². The highest BCUT2D eigenvalue weighted by molar-refractivity contribution is 5.78. The molecule has 1 saturated heterocycles. The van der Waals surface area contributed by atoms with Crippen molar-refractivity contribution in [1.29, 1.82) is 0 Å². The molecule has 0 aromatic heterocycles. The van der Waals surface area contributed by atoms with Crippen LogP contribution in [0.15, 0.2) is 41.4 Å². The monoisotopic (exact) mass is 271 g/mol. The van der Waals surface area contributed by atoms with Crippen molar-refractivity contribution in [2.75, 3.05) is 0 Å². The summed E-state index contributed by atoms with van der Waals surface area (Å²) in [4.78, 5) is 4.76. The number of nitrogens with two attached hydrogens (primary N) is 1. The fourth-order valence-corrected chi connectivity index (χ4v) is 3.46. The largest absolute Gasteiger partial charge is 0.337 e. The van der Waals surface area contributed by atoms with Crippen LogP contribution in [0.4, 0.5) is 0 Å². The smallest absolute Gasteiger partial charge is 0.0929 e. The summed E-state index contributed by atoms with van der Waals surface area (Å²) in [7, 11) is 0. The zero-order valence-corrected chi connectivity index (χ0v) is 13.1. The van der Waals surface area contributed by atoms with Crippen LogP contribution in [0.25, 0.3) is 6.08 Å². The van der Waals surface area contributed by atoms with E-state index in [0.717, 1.165) is 12.8 Å². The predicted octanol–water partition coefficient (Wildman–Crippen LogP) is 3.05. The third-order valence-electron chi connectivity index (χ3n) is 3.78. The minimum absolute atomic E-state index is 0.285. The van der Waals surface area contributed by atoms with Crippen LogP contribution in [0.5, 0.6) is 0 Å². The topological polar surface area (TPSA) is 29.0 Å². The molecule has 1 aliphatic heterocycles. The quantitative estimate of drug-likeness (QED) is 0.819. The van der Waals surface area contributed by atoms with Crippen molar-refractivity contribution < 1.29 is 5.32 Å². The Bertz CT molecular complexity index is 467. The van der Waals surface area contributed by atoms with Gasteiger partial charge in [-0.3, -0.25) is 4.99 Å². The number of piperidine rings is 1. The molecule has 0 bridgehead atoms. The Balaban J connectivity index is 1.96. The van der Waals surface area contributed by atoms with Crippen LogP contribution < -0.4 is 5.32 Å². The molecule has 1 heterocycles. The number of benzene rings is 1. The van der Waals surface area contributed by atoms with Crippen molar-refractivity contribution in [3.63, 3.8) is 0 Å². The first-order valence-corrected chi connectivity index (χ1v) is 7.48. The first-order chi connectivity index (χ1) is 9.36. The highest BCUT2D eigenvalue weighted by Gasteiger charge is 2.41. The Morgan fingerprint density at radius 3 is 2.25 bits per heavy atom. The normalized spacial score (nSPS) is 22.6. The maximum absolute atomic E-state index is 4.76. The van der Waals surface area contributed by atoms with Crippen LogP contribution in [0.3, 0.4) is 0 Å². The van der Waals surface area contributed by atoms with Gasteiger partial charge in [-0.15, -0.1) is 0 Å². The molecule has 0 radical (unpaired) electrons. The summed E-state index contributed by atoms with van der Waals surface area (Å²) >= 11 is 0. The Morgan fingerprint density at radius 1 is 1.05 bits per heavy atom. The van der Waals surface area contributed by atoms with Crippen molar-refractivity contribution in [2.45, 2.75) is 57.7 Å². The maximum atomic E-state index is 4.76. The molecular weight excluding hydrogens is 244 g/mol. The van der Waals surface area contributed by atoms with Gasteiger partial charge in [-0.1, -0.05) is 36.4 Å². The Morgan fingerprint density at radius 2 is 1.65 bits per heavy atom. The average Bonchev–Trinajstić information content (AvgIpc) is 2.32. The molecule has 0 saturated carbocycles. The minimum atomic E-state index is 0.285. The van der Waals surface area contributed by atoms with Gasteiger partial charge in [0.15, 0.2) is 0 Å². The number of quaternary nitrogens is 1. The van der Waals surface area contributed by atoms with Gasteiger partial charge >= 0.3 is 0 Å². The van der Waals surface area contributed by atoms with Crippen molar-refractivity contribution in [2.24, 2.45) is 4.99 Å². The first kappa shape index (κ1) is 15.0. The van der Waals surface area contributed by atoms with Crippen molar-refractivity contribution in [1.82, 2.24) is 0 Å². The Hall–Kier alpha value is -1.41. The second-order valence-corrected chi connectivity index (χ2v) is 7.25. The number of aliphatic imine (C=N–C) groups is 1. The second-order valence-electron chi connectivity index (χ2n) is 7.25. The Kier molecular flexibility index (Phi) is 4.44. The van der Waals surface area contributed by atoms with Gasteiger partial charge < -0.3 is 5.32 Å². The standard InChI is InChI=1S/C18H26N2/c1-17(2)13-16(14-18(3,4)20-17)19-12-8-11-15-9-6-5-7-10-15/h5-12,16,20H,13-14H2,1-4H3/p+1/b11-8+,19-12?. The molecule has 0 atom stereocenters. The molecule has 1 fully saturated rings. The van der Waals surface area contributed by atoms with Crippen molar-refractivity contribution in [3.05, 3.63) is 42.0 Å². The summed E-state index contributed by atoms with van der Waals surface area (Å²) in [5.74, 6) is 0. The van der Waals surface area contributed by atoms with Gasteiger partial charge in [-0.25, -0.2) is 0 Å². The number of allylic oxidation sites excluding steroid dienone is 1. The highest BCUT2D eigenvalue weighted by atomic mass is 15.1. The predicted molar refractivity (Wildman–Crippen MR) is 87.1 cm³/mol. The number of nitrogens with zero attached hydrogens (tertiary/aromatic N) is 1. The molecule has 1 aromatic carbocycles. The van der Waals surface area contributed by atoms with Gasteiger partial charge in [0.2, 0.25) is 0 Å². The molecule has 2 nitrogen and oxygen atoms in total. The van der Waals surface area contributed by atoms with Gasteiger partial charge in [0, 0.05) is 19.1 Å². The molecule has 2 heteroatoms. The third kappa shape index (κ3) is 4.61. The number of hydrogen-bond acceptors (Lipinski definition) is 1. The number of hydrogen-bond donors (Lipinski definition) is 1. The molecule has 1 aliphatic rings. The Labute approximate surface area is 123 Å². The van der Waals surface area contributed by atoms with E-state index in [1.165, 1.54) is 5.56 Å². The van der Waals surface area contributed by atoms with E-state index in [-0.39, 0.29) is 11.1 Å². The minimum Gasteiger partial charge on any atom is -0.337 e. The van der Waals surface area contributed by atoms with Gasteiger partial charge in [0.25, 0.3) is 0 Å². The highest BCUT2D eigenvalue weighted by Crippen LogP contribution is 2.23. The molecule has 0 aliphatic carbocycles. The molecule has 20 heavy (non-hydrogen) atoms. The average molecular weight is 271 g/mol. The molecular formula is C18H27N2+. The lowest BCUT2D eigenvalue weighted by Crippen LogP contribution is -3.05. The van der Waals surface area contributed by atoms with E-state index in [0.29, 0.717) is 6.04 Å². The summed E-state index contributed by atoms with van der Waals surface area (Å²) < 4.78 is 0. The zero-order valence-electron chi connectivity index (χ0n) is 13.1. The summed E-state index contributed by atoms with van der Waals surface area (Å²) in [5.41, 5.74) is 1.79. The van der Waals surface area contributed by atoms with Gasteiger partial charge in [0.05, 0.1) is 17.1 Å². The maximum Gasteiger partial charge on any atom is 0.0929 e. The third-order valence-corrected chi connectivity index (χ3v) is 3.78. The van der Waals surface area contributed by atoms with E-state index in [1.54, 1.807) is 0 Å². The zero-order chi connectivity index (χ0) is 14.6. The summed E-state index contributed by atoms with van der Waals surface area (Å²) in [5, 5.41) is 2.49. The van der Waals surface area contributed by atoms with Gasteiger partial charge in [-0.05, 0) is 39.3 Å². The van der Waals surface area contributed by atoms with Crippen LogP contribution in [0, 0.1) is 0 Å². The molecule has 2 N–H and O–H groups in total. The molecule has 0 amide bonds. The molecule has 0 unspecified atom stereocenters. The van der Waals surface area contributed by atoms with E-state index in [1.807, 2.05) is 18.4 Å². The molecule has 1 aromatic rings. The van der Waals surface area contributed by atoms with Crippen LogP contribution in [0.2, 0.25) is 0 Å². The van der Waals surface area contributed by atoms with E-state index in [4.69, 9.17) is 4.99 Å². The van der Waals surface area contributed by atoms with Gasteiger partial charge in [0.1, 0.15) is 0 Å².